The first-order chi connectivity index (χ1) is 16.2. The quantitative estimate of drug-likeness (QED) is 0.593. The number of fused-ring (bicyclic) bond motifs is 1. The molecule has 0 saturated carbocycles. The number of rotatable bonds is 6. The molecule has 9 heteroatoms. The van der Waals surface area contributed by atoms with Gasteiger partial charge >= 0.3 is 0 Å². The van der Waals surface area contributed by atoms with E-state index in [1.54, 1.807) is 24.3 Å². The molecule has 9 nitrogen and oxygen atoms in total. The highest BCUT2D eigenvalue weighted by atomic mass is 16.2. The molecule has 0 unspecified atom stereocenters. The number of carbonyl (C=O) groups excluding carboxylic acids is 3. The minimum atomic E-state index is -0.993. The highest BCUT2D eigenvalue weighted by molar-refractivity contribution is 5.97. The van der Waals surface area contributed by atoms with Crippen LogP contribution >= 0.6 is 0 Å². The Morgan fingerprint density at radius 3 is 2.50 bits per heavy atom. The smallest absolute Gasteiger partial charge is 0.272 e. The number of nitrogens with zero attached hydrogens (tertiary/aromatic N) is 3. The summed E-state index contributed by atoms with van der Waals surface area (Å²) in [5.41, 5.74) is 0.196. The third-order valence-corrected chi connectivity index (χ3v) is 6.54. The Balaban J connectivity index is 1.54. The molecule has 0 spiro atoms. The van der Waals surface area contributed by atoms with Crippen LogP contribution in [0.25, 0.3) is 0 Å². The topological polar surface area (TPSA) is 116 Å². The van der Waals surface area contributed by atoms with Crippen LogP contribution in [0, 0.1) is 11.3 Å². The van der Waals surface area contributed by atoms with Gasteiger partial charge in [0.2, 0.25) is 11.8 Å². The third-order valence-electron chi connectivity index (χ3n) is 6.54. The van der Waals surface area contributed by atoms with Crippen molar-refractivity contribution < 1.29 is 14.4 Å². The maximum Gasteiger partial charge on any atom is 0.272 e. The fourth-order valence-corrected chi connectivity index (χ4v) is 4.65. The fourth-order valence-electron chi connectivity index (χ4n) is 4.65. The Morgan fingerprint density at radius 2 is 1.85 bits per heavy atom. The van der Waals surface area contributed by atoms with Gasteiger partial charge in [0.25, 0.3) is 5.91 Å². The first-order valence-electron chi connectivity index (χ1n) is 11.7. The molecule has 180 valence electrons. The maximum atomic E-state index is 13.5. The van der Waals surface area contributed by atoms with Crippen LogP contribution in [0.4, 0.5) is 0 Å². The predicted octanol–water partition coefficient (Wildman–Crippen LogP) is 1.30. The standard InChI is InChI=1S/C25H32N6O3/c1-25(2,3)21(24(34)31-14-17-9-10-27-19(17)15-31)30-23(33)20(16-7-5-4-6-8-16)29-22(32)18-13-26-11-12-28-18/h4-8,11-13,17,19-21,27H,9-10,14-15H2,1-3H3,(H,29,32)(H,30,33)/t17-,19+,20-,21+/m0/s1. The number of hydrogen-bond donors (Lipinski definition) is 3. The molecule has 2 aliphatic heterocycles. The van der Waals surface area contributed by atoms with Gasteiger partial charge in [-0.1, -0.05) is 51.1 Å². The second kappa shape index (κ2) is 9.89. The normalized spacial score (nSPS) is 21.4. The van der Waals surface area contributed by atoms with Crippen LogP contribution in [0.15, 0.2) is 48.9 Å². The summed E-state index contributed by atoms with van der Waals surface area (Å²) in [5.74, 6) is -0.601. The van der Waals surface area contributed by atoms with Gasteiger partial charge in [-0.15, -0.1) is 0 Å². The van der Waals surface area contributed by atoms with Crippen molar-refractivity contribution in [1.29, 1.82) is 0 Å². The molecule has 0 bridgehead atoms. The second-order valence-electron chi connectivity index (χ2n) is 10.1. The van der Waals surface area contributed by atoms with Crippen LogP contribution in [-0.2, 0) is 9.59 Å². The molecule has 1 aromatic carbocycles. The van der Waals surface area contributed by atoms with Crippen LogP contribution in [0.3, 0.4) is 0 Å². The van der Waals surface area contributed by atoms with Crippen molar-refractivity contribution in [3.63, 3.8) is 0 Å². The molecule has 3 N–H and O–H groups in total. The number of aromatic nitrogens is 2. The van der Waals surface area contributed by atoms with E-state index in [0.29, 0.717) is 30.6 Å². The average Bonchev–Trinajstić information content (AvgIpc) is 3.43. The lowest BCUT2D eigenvalue weighted by molar-refractivity contribution is -0.139. The van der Waals surface area contributed by atoms with Gasteiger partial charge in [-0.05, 0) is 29.9 Å². The van der Waals surface area contributed by atoms with Gasteiger partial charge in [0.1, 0.15) is 17.8 Å². The molecule has 3 amide bonds. The summed E-state index contributed by atoms with van der Waals surface area (Å²) >= 11 is 0. The van der Waals surface area contributed by atoms with E-state index in [4.69, 9.17) is 0 Å². The van der Waals surface area contributed by atoms with Crippen molar-refractivity contribution in [1.82, 2.24) is 30.8 Å². The molecule has 1 aromatic heterocycles. The van der Waals surface area contributed by atoms with Crippen molar-refractivity contribution in [2.24, 2.45) is 11.3 Å². The van der Waals surface area contributed by atoms with E-state index in [9.17, 15) is 14.4 Å². The molecule has 4 atom stereocenters. The molecule has 4 rings (SSSR count). The van der Waals surface area contributed by atoms with Crippen LogP contribution < -0.4 is 16.0 Å². The number of hydrogen-bond acceptors (Lipinski definition) is 6. The summed E-state index contributed by atoms with van der Waals surface area (Å²) in [7, 11) is 0. The number of nitrogens with one attached hydrogen (secondary N) is 3. The first kappa shape index (κ1) is 23.8. The highest BCUT2D eigenvalue weighted by Gasteiger charge is 2.43. The highest BCUT2D eigenvalue weighted by Crippen LogP contribution is 2.29. The van der Waals surface area contributed by atoms with E-state index in [1.165, 1.54) is 18.6 Å². The van der Waals surface area contributed by atoms with E-state index in [0.717, 1.165) is 13.0 Å². The number of amides is 3. The van der Waals surface area contributed by atoms with Crippen LogP contribution in [0.1, 0.15) is 49.3 Å². The lowest BCUT2D eigenvalue weighted by Gasteiger charge is -2.34. The van der Waals surface area contributed by atoms with E-state index < -0.39 is 29.3 Å². The molecular weight excluding hydrogens is 432 g/mol. The zero-order valence-electron chi connectivity index (χ0n) is 19.8. The number of carbonyl (C=O) groups is 3. The minimum absolute atomic E-state index is 0.0934. The Bertz CT molecular complexity index is 1010. The number of benzene rings is 1. The summed E-state index contributed by atoms with van der Waals surface area (Å²) in [6.45, 7) is 8.13. The van der Waals surface area contributed by atoms with Gasteiger partial charge < -0.3 is 20.9 Å². The molecule has 34 heavy (non-hydrogen) atoms. The van der Waals surface area contributed by atoms with Gasteiger partial charge in [0.15, 0.2) is 0 Å². The van der Waals surface area contributed by atoms with Crippen molar-refractivity contribution in [2.75, 3.05) is 19.6 Å². The Kier molecular flexibility index (Phi) is 6.92. The van der Waals surface area contributed by atoms with Gasteiger partial charge in [0, 0.05) is 31.5 Å². The minimum Gasteiger partial charge on any atom is -0.342 e. The fraction of sp³-hybridized carbons (Fsp3) is 0.480. The lowest BCUT2D eigenvalue weighted by Crippen LogP contribution is -2.56. The SMILES string of the molecule is CC(C)(C)[C@H](NC(=O)[C@@H](NC(=O)c1cnccn1)c1ccccc1)C(=O)N1C[C@@H]2CCN[C@@H]2C1. The van der Waals surface area contributed by atoms with E-state index in [1.807, 2.05) is 31.7 Å². The zero-order valence-corrected chi connectivity index (χ0v) is 19.8. The lowest BCUT2D eigenvalue weighted by atomic mass is 9.85. The van der Waals surface area contributed by atoms with E-state index >= 15 is 0 Å². The van der Waals surface area contributed by atoms with Crippen LogP contribution in [0.5, 0.6) is 0 Å². The molecular formula is C25H32N6O3. The van der Waals surface area contributed by atoms with Gasteiger partial charge in [0.05, 0.1) is 6.20 Å². The summed E-state index contributed by atoms with van der Waals surface area (Å²) in [5, 5.41) is 9.17. The van der Waals surface area contributed by atoms with Gasteiger partial charge in [-0.2, -0.15) is 0 Å². The first-order valence-corrected chi connectivity index (χ1v) is 11.7. The van der Waals surface area contributed by atoms with E-state index in [2.05, 4.69) is 25.9 Å². The van der Waals surface area contributed by atoms with Crippen molar-refractivity contribution in [3.05, 3.63) is 60.2 Å². The summed E-state index contributed by atoms with van der Waals surface area (Å²) in [6.07, 6.45) is 5.29. The zero-order chi connectivity index (χ0) is 24.3. The molecule has 2 saturated heterocycles. The molecule has 2 aromatic rings. The van der Waals surface area contributed by atoms with Gasteiger partial charge in [-0.25, -0.2) is 4.98 Å². The molecule has 0 radical (unpaired) electrons. The average molecular weight is 465 g/mol. The largest absolute Gasteiger partial charge is 0.342 e. The molecule has 2 fully saturated rings. The molecule has 2 aliphatic rings. The Hall–Kier alpha value is -3.33. The molecule has 0 aliphatic carbocycles. The Morgan fingerprint density at radius 1 is 1.09 bits per heavy atom. The third kappa shape index (κ3) is 5.25. The number of likely N-dealkylation sites (tertiary alicyclic amines) is 1. The second-order valence-corrected chi connectivity index (χ2v) is 10.1. The maximum absolute atomic E-state index is 13.5. The predicted molar refractivity (Wildman–Crippen MR) is 127 cm³/mol. The molecule has 3 heterocycles. The summed E-state index contributed by atoms with van der Waals surface area (Å²) in [4.78, 5) is 49.7. The van der Waals surface area contributed by atoms with E-state index in [-0.39, 0.29) is 11.6 Å². The van der Waals surface area contributed by atoms with Crippen LogP contribution in [0.2, 0.25) is 0 Å². The monoisotopic (exact) mass is 464 g/mol. The summed E-state index contributed by atoms with van der Waals surface area (Å²) < 4.78 is 0. The Labute approximate surface area is 199 Å². The van der Waals surface area contributed by atoms with Crippen LogP contribution in [-0.4, -0.2) is 64.3 Å². The summed E-state index contributed by atoms with van der Waals surface area (Å²) in [6, 6.07) is 7.56. The van der Waals surface area contributed by atoms with Crippen molar-refractivity contribution >= 4 is 17.7 Å². The van der Waals surface area contributed by atoms with Crippen molar-refractivity contribution in [2.45, 2.75) is 45.3 Å². The van der Waals surface area contributed by atoms with Crippen molar-refractivity contribution in [3.8, 4) is 0 Å². The van der Waals surface area contributed by atoms with Gasteiger partial charge in [-0.3, -0.25) is 19.4 Å².